The lowest BCUT2D eigenvalue weighted by Gasteiger charge is -2.20. The van der Waals surface area contributed by atoms with Gasteiger partial charge in [0.25, 0.3) is 5.69 Å². The lowest BCUT2D eigenvalue weighted by Crippen LogP contribution is -2.35. The van der Waals surface area contributed by atoms with Gasteiger partial charge in [-0.1, -0.05) is 17.3 Å². The molecule has 4 rings (SSSR count). The third-order valence-corrected chi connectivity index (χ3v) is 7.44. The number of thioether (sulfide) groups is 1. The summed E-state index contributed by atoms with van der Waals surface area (Å²) in [7, 11) is 0. The van der Waals surface area contributed by atoms with Gasteiger partial charge in [0, 0.05) is 17.5 Å². The number of non-ortho nitro benzene ring substituents is 1. The molecule has 0 spiro atoms. The fourth-order valence-corrected chi connectivity index (χ4v) is 5.29. The predicted octanol–water partition coefficient (Wildman–Crippen LogP) is 4.80. The number of hydrogen-bond acceptors (Lipinski definition) is 13. The summed E-state index contributed by atoms with van der Waals surface area (Å²) in [5.74, 6) is -0.752. The summed E-state index contributed by atoms with van der Waals surface area (Å²) in [5.41, 5.74) is 5.51. The van der Waals surface area contributed by atoms with Crippen LogP contribution in [0, 0.1) is 10.1 Å². The van der Waals surface area contributed by atoms with Crippen molar-refractivity contribution in [3.05, 3.63) is 75.3 Å². The number of fused-ring (bicyclic) bond motifs is 1. The molecule has 0 radical (unpaired) electrons. The van der Waals surface area contributed by atoms with E-state index in [1.165, 1.54) is 49.4 Å². The molecule has 0 aliphatic rings. The summed E-state index contributed by atoms with van der Waals surface area (Å²) in [6.07, 6.45) is 0. The van der Waals surface area contributed by atoms with E-state index >= 15 is 0 Å². The van der Waals surface area contributed by atoms with Crippen LogP contribution in [0.2, 0.25) is 0 Å². The second kappa shape index (κ2) is 11.0. The van der Waals surface area contributed by atoms with Gasteiger partial charge in [0.2, 0.25) is 10.7 Å². The molecule has 0 unspecified atom stereocenters. The number of oxime groups is 1. The lowest BCUT2D eigenvalue weighted by molar-refractivity contribution is -0.384. The number of carbonyl (C=O) groups excluding carboxylic acids is 2. The first-order chi connectivity index (χ1) is 17.6. The van der Waals surface area contributed by atoms with E-state index in [1.807, 2.05) is 24.3 Å². The second-order valence-corrected chi connectivity index (χ2v) is 11.1. The number of ether oxygens (including phenoxy) is 1. The first kappa shape index (κ1) is 26.2. The highest BCUT2D eigenvalue weighted by atomic mass is 32.2. The van der Waals surface area contributed by atoms with Gasteiger partial charge in [0.05, 0.1) is 15.1 Å². The minimum absolute atomic E-state index is 0.0725. The zero-order chi connectivity index (χ0) is 26.6. The Kier molecular flexibility index (Phi) is 7.80. The van der Waals surface area contributed by atoms with Gasteiger partial charge in [-0.25, -0.2) is 14.8 Å². The molecule has 11 nitrogen and oxygen atoms in total. The molecule has 0 aliphatic carbocycles. The van der Waals surface area contributed by atoms with Crippen molar-refractivity contribution in [1.82, 2.24) is 9.97 Å². The Morgan fingerprint density at radius 3 is 2.54 bits per heavy atom. The number of nitro groups is 1. The molecule has 4 aromatic rings. The summed E-state index contributed by atoms with van der Waals surface area (Å²) >= 11 is 3.36. The molecule has 0 amide bonds. The molecule has 37 heavy (non-hydrogen) atoms. The monoisotopic (exact) mass is 557 g/mol. The third kappa shape index (κ3) is 6.47. The van der Waals surface area contributed by atoms with Crippen molar-refractivity contribution in [3.8, 4) is 0 Å². The van der Waals surface area contributed by atoms with Gasteiger partial charge in [0.1, 0.15) is 12.3 Å². The number of hydrogen-bond donors (Lipinski definition) is 1. The normalized spacial score (nSPS) is 11.9. The molecule has 0 atom stereocenters. The van der Waals surface area contributed by atoms with E-state index < -0.39 is 21.6 Å². The Hall–Kier alpha value is -3.88. The summed E-state index contributed by atoms with van der Waals surface area (Å²) < 4.78 is 6.74. The van der Waals surface area contributed by atoms with Gasteiger partial charge >= 0.3 is 5.97 Å². The van der Waals surface area contributed by atoms with Gasteiger partial charge in [-0.05, 0) is 55.4 Å². The fraction of sp³-hybridized carbons (Fsp3) is 0.174. The van der Waals surface area contributed by atoms with Crippen LogP contribution in [0.5, 0.6) is 0 Å². The molecule has 2 heterocycles. The van der Waals surface area contributed by atoms with Gasteiger partial charge < -0.3 is 15.3 Å². The number of esters is 1. The number of nitrogen functional groups attached to an aromatic ring is 1. The molecule has 0 aliphatic heterocycles. The molecule has 2 aromatic carbocycles. The Bertz CT molecular complexity index is 1460. The van der Waals surface area contributed by atoms with E-state index in [2.05, 4.69) is 15.1 Å². The van der Waals surface area contributed by atoms with E-state index in [4.69, 9.17) is 15.3 Å². The van der Waals surface area contributed by atoms with Gasteiger partial charge in [-0.3, -0.25) is 14.9 Å². The Morgan fingerprint density at radius 1 is 1.16 bits per heavy atom. The van der Waals surface area contributed by atoms with Gasteiger partial charge in [-0.2, -0.15) is 0 Å². The molecular weight excluding hydrogens is 538 g/mol. The number of rotatable bonds is 9. The summed E-state index contributed by atoms with van der Waals surface area (Å²) in [6, 6.07) is 13.1. The third-order valence-electron chi connectivity index (χ3n) is 4.79. The quantitative estimate of drug-likeness (QED) is 0.0994. The second-order valence-electron chi connectivity index (χ2n) is 7.95. The standard InChI is InChI=1S/C23H19N5O6S3/c1-23(2,20(30)33-11-13-7-9-14(10-8-13)28(31)32)34-27-18(16-12-35-21(24)25-16)19(29)37-22-26-15-5-3-4-6-17(15)36-22/h3-10,12H,11H2,1-2H3,(H2,24,25). The molecule has 190 valence electrons. The fourth-order valence-electron chi connectivity index (χ4n) is 2.84. The van der Waals surface area contributed by atoms with Gasteiger partial charge in [0.15, 0.2) is 15.2 Å². The van der Waals surface area contributed by atoms with E-state index in [0.717, 1.165) is 33.3 Å². The maximum Gasteiger partial charge on any atom is 0.353 e. The summed E-state index contributed by atoms with van der Waals surface area (Å²) in [5, 5.41) is 16.1. The topological polar surface area (TPSA) is 160 Å². The molecule has 0 saturated carbocycles. The first-order valence-corrected chi connectivity index (χ1v) is 13.1. The Labute approximate surface area is 222 Å². The molecular formula is C23H19N5O6S3. The van der Waals surface area contributed by atoms with Crippen molar-refractivity contribution in [3.63, 3.8) is 0 Å². The molecule has 2 N–H and O–H groups in total. The summed E-state index contributed by atoms with van der Waals surface area (Å²) in [4.78, 5) is 50.1. The number of para-hydroxylation sites is 1. The SMILES string of the molecule is CC(C)(ON=C(C(=O)Sc1nc2ccccc2s1)c1csc(N)n1)C(=O)OCc1ccc([N+](=O)[O-])cc1. The van der Waals surface area contributed by atoms with Crippen LogP contribution in [0.1, 0.15) is 25.1 Å². The summed E-state index contributed by atoms with van der Waals surface area (Å²) in [6.45, 7) is 2.74. The number of nitrogens with zero attached hydrogens (tertiary/aromatic N) is 4. The average Bonchev–Trinajstić information content (AvgIpc) is 3.48. The Morgan fingerprint density at radius 2 is 1.89 bits per heavy atom. The molecule has 14 heteroatoms. The smallest absolute Gasteiger partial charge is 0.353 e. The van der Waals surface area contributed by atoms with Crippen molar-refractivity contribution in [2.45, 2.75) is 30.4 Å². The van der Waals surface area contributed by atoms with Crippen LogP contribution in [0.4, 0.5) is 10.8 Å². The minimum Gasteiger partial charge on any atom is -0.458 e. The maximum atomic E-state index is 13.2. The maximum absolute atomic E-state index is 13.2. The largest absolute Gasteiger partial charge is 0.458 e. The number of nitrogens with two attached hydrogens (primary N) is 1. The minimum atomic E-state index is -1.56. The van der Waals surface area contributed by atoms with Crippen molar-refractivity contribution in [2.75, 3.05) is 5.73 Å². The number of carbonyl (C=O) groups is 2. The van der Waals surface area contributed by atoms with Crippen LogP contribution in [-0.2, 0) is 25.8 Å². The highest BCUT2D eigenvalue weighted by Gasteiger charge is 2.33. The van der Waals surface area contributed by atoms with Crippen LogP contribution in [0.3, 0.4) is 0 Å². The van der Waals surface area contributed by atoms with Crippen molar-refractivity contribution in [2.24, 2.45) is 5.16 Å². The first-order valence-electron chi connectivity index (χ1n) is 10.6. The van der Waals surface area contributed by atoms with Crippen molar-refractivity contribution < 1.29 is 24.1 Å². The number of anilines is 1. The van der Waals surface area contributed by atoms with E-state index in [1.54, 1.807) is 5.38 Å². The predicted molar refractivity (Wildman–Crippen MR) is 142 cm³/mol. The number of aromatic nitrogens is 2. The molecule has 0 fully saturated rings. The molecule has 2 aromatic heterocycles. The van der Waals surface area contributed by atoms with Crippen LogP contribution in [0.15, 0.2) is 63.4 Å². The van der Waals surface area contributed by atoms with Crippen molar-refractivity contribution >= 4 is 72.3 Å². The average molecular weight is 558 g/mol. The van der Waals surface area contributed by atoms with E-state index in [-0.39, 0.29) is 28.8 Å². The molecule has 0 bridgehead atoms. The Balaban J connectivity index is 1.47. The number of nitro benzene ring substituents is 1. The van der Waals surface area contributed by atoms with Gasteiger partial charge in [-0.15, -0.1) is 22.7 Å². The number of thiazole rings is 2. The van der Waals surface area contributed by atoms with E-state index in [9.17, 15) is 19.7 Å². The van der Waals surface area contributed by atoms with Crippen LogP contribution in [-0.4, -0.2) is 37.3 Å². The zero-order valence-electron chi connectivity index (χ0n) is 19.4. The van der Waals surface area contributed by atoms with Crippen LogP contribution >= 0.6 is 34.4 Å². The van der Waals surface area contributed by atoms with Crippen LogP contribution < -0.4 is 5.73 Å². The lowest BCUT2D eigenvalue weighted by atomic mass is 10.1. The zero-order valence-corrected chi connectivity index (χ0v) is 21.9. The highest BCUT2D eigenvalue weighted by molar-refractivity contribution is 8.16. The van der Waals surface area contributed by atoms with Crippen LogP contribution in [0.25, 0.3) is 10.2 Å². The van der Waals surface area contributed by atoms with Crippen molar-refractivity contribution in [1.29, 1.82) is 0 Å². The number of benzene rings is 2. The highest BCUT2D eigenvalue weighted by Crippen LogP contribution is 2.31. The molecule has 0 saturated heterocycles. The van der Waals surface area contributed by atoms with E-state index in [0.29, 0.717) is 9.90 Å².